The van der Waals surface area contributed by atoms with Crippen molar-refractivity contribution in [3.8, 4) is 0 Å². The van der Waals surface area contributed by atoms with Crippen LogP contribution in [0.4, 0.5) is 0 Å². The van der Waals surface area contributed by atoms with E-state index in [0.29, 0.717) is 0 Å². The third-order valence-corrected chi connectivity index (χ3v) is 5.20. The molecule has 0 aliphatic carbocycles. The summed E-state index contributed by atoms with van der Waals surface area (Å²) in [4.78, 5) is 0. The molecule has 44 valence electrons. The number of hydrogen-bond acceptors (Lipinski definition) is 0. The molecule has 0 aromatic rings. The normalized spacial score (nSPS) is 5.50. The molecule has 0 nitrogen and oxygen atoms in total. The molecule has 2 heteroatoms. The average Bonchev–Trinajstić information content (AvgIpc) is 1.88. The summed E-state index contributed by atoms with van der Waals surface area (Å²) in [5.41, 5.74) is 4.74. The van der Waals surface area contributed by atoms with Crippen LogP contribution in [0.15, 0.2) is 0 Å². The molecule has 0 aromatic heterocycles. The maximum absolute atomic E-state index is 2.37. The van der Waals surface area contributed by atoms with Crippen molar-refractivity contribution in [2.75, 3.05) is 0 Å². The molecule has 0 saturated carbocycles. The second kappa shape index (κ2) is 15.7. The minimum absolute atomic E-state index is 0.111. The Morgan fingerprint density at radius 2 is 1.00 bits per heavy atom. The molecule has 0 heterocycles. The topological polar surface area (TPSA) is 0 Å². The molecule has 0 rings (SSSR count). The quantitative estimate of drug-likeness (QED) is 0.626. The van der Waals surface area contributed by atoms with Crippen molar-refractivity contribution >= 4 is 0 Å². The molecule has 0 fully saturated rings. The average molecular weight is 219 g/mol. The fourth-order valence-electron chi connectivity index (χ4n) is 0. The summed E-state index contributed by atoms with van der Waals surface area (Å²) in [5.74, 6) is 0. The van der Waals surface area contributed by atoms with Gasteiger partial charge in [0.2, 0.25) is 0 Å². The van der Waals surface area contributed by atoms with E-state index in [1.165, 1.54) is 10.0 Å². The zero-order chi connectivity index (χ0) is 6.83. The predicted molar refractivity (Wildman–Crippen MR) is 32.7 cm³/mol. The first-order valence-corrected chi connectivity index (χ1v) is 14.0. The fourth-order valence-corrected chi connectivity index (χ4v) is 0. The van der Waals surface area contributed by atoms with Crippen molar-refractivity contribution in [1.82, 2.24) is 0 Å². The third-order valence-electron chi connectivity index (χ3n) is 1.000. The molecule has 0 bridgehead atoms. The first-order valence-electron chi connectivity index (χ1n) is 3.83. The third kappa shape index (κ3) is 26.8. The van der Waals surface area contributed by atoms with Crippen LogP contribution in [0.5, 0.6) is 0 Å². The van der Waals surface area contributed by atoms with Crippen molar-refractivity contribution in [1.29, 1.82) is 0 Å². The molecule has 0 N–H and O–H groups in total. The standard InChI is InChI=1S/2C2H5.2CH3.2Zn/c2*1-2;;;;/h2*1H2,2H3;2*1H3;;. The molecule has 0 radical (unpaired) electrons. The van der Waals surface area contributed by atoms with Crippen LogP contribution in [0.3, 0.4) is 0 Å². The Kier molecular flexibility index (Phi) is 23.5. The molecule has 0 saturated heterocycles. The summed E-state index contributed by atoms with van der Waals surface area (Å²) in [6.45, 7) is 4.53. The second-order valence-corrected chi connectivity index (χ2v) is 10.4. The Labute approximate surface area is 69.0 Å². The molecule has 0 aromatic carbocycles. The van der Waals surface area contributed by atoms with Crippen LogP contribution in [0.1, 0.15) is 13.8 Å². The van der Waals surface area contributed by atoms with E-state index in [1.807, 2.05) is 0 Å². The number of rotatable bonds is 2. The van der Waals surface area contributed by atoms with Gasteiger partial charge in [-0.25, -0.2) is 0 Å². The van der Waals surface area contributed by atoms with Gasteiger partial charge in [-0.05, 0) is 0 Å². The Hall–Kier alpha value is 1.25. The van der Waals surface area contributed by atoms with E-state index in [0.717, 1.165) is 0 Å². The van der Waals surface area contributed by atoms with Gasteiger partial charge in [-0.15, -0.1) is 0 Å². The van der Waals surface area contributed by atoms with E-state index < -0.39 is 0 Å². The van der Waals surface area contributed by atoms with Gasteiger partial charge in [0.05, 0.1) is 0 Å². The summed E-state index contributed by atoms with van der Waals surface area (Å²) in [5, 5.41) is 3.01. The van der Waals surface area contributed by atoms with Gasteiger partial charge in [-0.1, -0.05) is 0 Å². The van der Waals surface area contributed by atoms with Crippen LogP contribution >= 0.6 is 0 Å². The van der Waals surface area contributed by atoms with E-state index in [4.69, 9.17) is 0 Å². The SMILES string of the molecule is C[CH2][Zn][CH3].C[CH2][Zn][CH3]. The van der Waals surface area contributed by atoms with Gasteiger partial charge in [0, 0.05) is 0 Å². The van der Waals surface area contributed by atoms with E-state index in [9.17, 15) is 0 Å². The molecule has 0 unspecified atom stereocenters. The van der Waals surface area contributed by atoms with Crippen LogP contribution in [-0.4, -0.2) is 0 Å². The molecule has 0 atom stereocenters. The van der Waals surface area contributed by atoms with Crippen LogP contribution < -0.4 is 0 Å². The number of hydrogen-bond donors (Lipinski definition) is 0. The van der Waals surface area contributed by atoms with Crippen LogP contribution in [-0.2, 0) is 34.3 Å². The summed E-state index contributed by atoms with van der Waals surface area (Å²) < 4.78 is 0. The summed E-state index contributed by atoms with van der Waals surface area (Å²) in [6.07, 6.45) is 0. The van der Waals surface area contributed by atoms with Crippen molar-refractivity contribution < 1.29 is 34.3 Å². The van der Waals surface area contributed by atoms with E-state index in [2.05, 4.69) is 24.9 Å². The Balaban J connectivity index is 0. The maximum atomic E-state index is 2.37. The molecular weight excluding hydrogens is 203 g/mol. The minimum atomic E-state index is 0.111. The fraction of sp³-hybridized carbons (Fsp3) is 1.00. The molecular formula is C6H16Zn2. The van der Waals surface area contributed by atoms with Crippen molar-refractivity contribution in [3.05, 3.63) is 0 Å². The van der Waals surface area contributed by atoms with Gasteiger partial charge in [-0.2, -0.15) is 0 Å². The molecule has 8 heavy (non-hydrogen) atoms. The summed E-state index contributed by atoms with van der Waals surface area (Å²) in [7, 11) is 0. The molecule has 0 aliphatic heterocycles. The molecule has 0 spiro atoms. The molecule has 0 amide bonds. The van der Waals surface area contributed by atoms with E-state index in [-0.39, 0.29) is 34.3 Å². The van der Waals surface area contributed by atoms with E-state index >= 15 is 0 Å². The van der Waals surface area contributed by atoms with Crippen LogP contribution in [0.2, 0.25) is 21.1 Å². The second-order valence-electron chi connectivity index (χ2n) is 2.00. The van der Waals surface area contributed by atoms with Gasteiger partial charge < -0.3 is 0 Å². The first kappa shape index (κ1) is 12.0. The first-order chi connectivity index (χ1) is 3.83. The zero-order valence-corrected chi connectivity index (χ0v) is 12.8. The summed E-state index contributed by atoms with van der Waals surface area (Å²) >= 11 is 0.222. The van der Waals surface area contributed by atoms with Crippen molar-refractivity contribution in [3.63, 3.8) is 0 Å². The van der Waals surface area contributed by atoms with Gasteiger partial charge in [-0.3, -0.25) is 0 Å². The van der Waals surface area contributed by atoms with Crippen molar-refractivity contribution in [2.45, 2.75) is 34.9 Å². The Morgan fingerprint density at radius 3 is 1.00 bits per heavy atom. The summed E-state index contributed by atoms with van der Waals surface area (Å²) in [6, 6.07) is 0. The van der Waals surface area contributed by atoms with Gasteiger partial charge in [0.1, 0.15) is 0 Å². The Bertz CT molecular complexity index is 14.5. The van der Waals surface area contributed by atoms with Crippen molar-refractivity contribution in [2.24, 2.45) is 0 Å². The zero-order valence-electron chi connectivity index (χ0n) is 6.83. The van der Waals surface area contributed by atoms with E-state index in [1.54, 1.807) is 0 Å². The van der Waals surface area contributed by atoms with Gasteiger partial charge in [0.25, 0.3) is 0 Å². The van der Waals surface area contributed by atoms with Gasteiger partial charge >= 0.3 is 69.2 Å². The predicted octanol–water partition coefficient (Wildman–Crippen LogP) is 3.11. The monoisotopic (exact) mass is 216 g/mol. The Morgan fingerprint density at radius 1 is 0.875 bits per heavy atom. The van der Waals surface area contributed by atoms with Crippen LogP contribution in [0.25, 0.3) is 0 Å². The molecule has 0 aliphatic rings. The van der Waals surface area contributed by atoms with Gasteiger partial charge in [0.15, 0.2) is 0 Å². The van der Waals surface area contributed by atoms with Crippen LogP contribution in [0, 0.1) is 0 Å².